The Bertz CT molecular complexity index is 587. The zero-order valence-electron chi connectivity index (χ0n) is 10.3. The number of anilines is 1. The summed E-state index contributed by atoms with van der Waals surface area (Å²) in [6, 6.07) is 3.97. The van der Waals surface area contributed by atoms with Crippen molar-refractivity contribution in [1.82, 2.24) is 9.97 Å². The first kappa shape index (κ1) is 14.0. The van der Waals surface area contributed by atoms with Crippen molar-refractivity contribution in [3.05, 3.63) is 26.1 Å². The van der Waals surface area contributed by atoms with Gasteiger partial charge in [-0.25, -0.2) is 9.97 Å². The second-order valence-corrected chi connectivity index (χ2v) is 8.20. The predicted octanol–water partition coefficient (Wildman–Crippen LogP) is 4.61. The van der Waals surface area contributed by atoms with Crippen molar-refractivity contribution in [2.75, 3.05) is 5.73 Å². The van der Waals surface area contributed by atoms with Gasteiger partial charge in [0.05, 0.1) is 18.8 Å². The van der Waals surface area contributed by atoms with E-state index >= 15 is 0 Å². The molecule has 18 heavy (non-hydrogen) atoms. The minimum atomic E-state index is -0.0842. The van der Waals surface area contributed by atoms with Crippen LogP contribution in [0.5, 0.6) is 0 Å². The van der Waals surface area contributed by atoms with Crippen LogP contribution in [0, 0.1) is 0 Å². The molecule has 6 heteroatoms. The number of aromatic nitrogens is 2. The van der Waals surface area contributed by atoms with Crippen molar-refractivity contribution in [2.24, 2.45) is 0 Å². The van der Waals surface area contributed by atoms with Crippen molar-refractivity contribution in [3.8, 4) is 10.7 Å². The molecule has 2 aromatic rings. The van der Waals surface area contributed by atoms with Crippen molar-refractivity contribution >= 4 is 49.0 Å². The molecule has 0 aliphatic carbocycles. The second-order valence-electron chi connectivity index (χ2n) is 4.95. The van der Waals surface area contributed by atoms with E-state index in [1.807, 2.05) is 12.1 Å². The molecule has 0 spiro atoms. The van der Waals surface area contributed by atoms with Gasteiger partial charge < -0.3 is 5.73 Å². The van der Waals surface area contributed by atoms with E-state index in [1.165, 1.54) is 0 Å². The maximum Gasteiger partial charge on any atom is 0.171 e. The largest absolute Gasteiger partial charge is 0.383 e. The Morgan fingerprint density at radius 3 is 2.33 bits per heavy atom. The summed E-state index contributed by atoms with van der Waals surface area (Å²) in [6.07, 6.45) is 0. The van der Waals surface area contributed by atoms with Gasteiger partial charge in [-0.15, -0.1) is 11.3 Å². The fraction of sp³-hybridized carbons (Fsp3) is 0.333. The van der Waals surface area contributed by atoms with Crippen molar-refractivity contribution < 1.29 is 0 Å². The third-order valence-corrected chi connectivity index (χ3v) is 4.78. The summed E-state index contributed by atoms with van der Waals surface area (Å²) in [7, 11) is 0. The number of hydrogen-bond acceptors (Lipinski definition) is 4. The molecule has 0 aliphatic rings. The van der Waals surface area contributed by atoms with Crippen LogP contribution < -0.4 is 5.73 Å². The molecule has 0 saturated carbocycles. The SMILES string of the molecule is CC(C)(C)c1nc(-c2ccc(Br)s2)nc(N)c1Br. The number of hydrogen-bond donors (Lipinski definition) is 1. The van der Waals surface area contributed by atoms with Gasteiger partial charge in [0, 0.05) is 5.41 Å². The van der Waals surface area contributed by atoms with E-state index in [0.29, 0.717) is 11.6 Å². The molecular formula is C12H13Br2N3S. The maximum atomic E-state index is 5.96. The molecule has 3 nitrogen and oxygen atoms in total. The quantitative estimate of drug-likeness (QED) is 0.773. The Balaban J connectivity index is 2.61. The molecule has 96 valence electrons. The van der Waals surface area contributed by atoms with Gasteiger partial charge in [-0.05, 0) is 44.0 Å². The van der Waals surface area contributed by atoms with E-state index in [-0.39, 0.29) is 5.41 Å². The summed E-state index contributed by atoms with van der Waals surface area (Å²) in [5.74, 6) is 1.16. The Hall–Kier alpha value is -0.460. The number of rotatable bonds is 1. The first-order valence-electron chi connectivity index (χ1n) is 5.38. The van der Waals surface area contributed by atoms with Crippen LogP contribution in [0.4, 0.5) is 5.82 Å². The lowest BCUT2D eigenvalue weighted by molar-refractivity contribution is 0.565. The van der Waals surface area contributed by atoms with Crippen molar-refractivity contribution in [2.45, 2.75) is 26.2 Å². The van der Waals surface area contributed by atoms with E-state index in [0.717, 1.165) is 18.8 Å². The summed E-state index contributed by atoms with van der Waals surface area (Å²) in [5.41, 5.74) is 6.80. The van der Waals surface area contributed by atoms with Crippen LogP contribution in [0.2, 0.25) is 0 Å². The Morgan fingerprint density at radius 2 is 1.83 bits per heavy atom. The Kier molecular flexibility index (Phi) is 3.80. The third kappa shape index (κ3) is 2.75. The average Bonchev–Trinajstić information content (AvgIpc) is 2.67. The average molecular weight is 391 g/mol. The van der Waals surface area contributed by atoms with Gasteiger partial charge in [0.2, 0.25) is 0 Å². The molecule has 2 heterocycles. The smallest absolute Gasteiger partial charge is 0.171 e. The number of thiophene rings is 1. The first-order valence-corrected chi connectivity index (χ1v) is 7.78. The molecule has 0 unspecified atom stereocenters. The highest BCUT2D eigenvalue weighted by atomic mass is 79.9. The maximum absolute atomic E-state index is 5.96. The monoisotopic (exact) mass is 389 g/mol. The first-order chi connectivity index (χ1) is 8.29. The number of halogens is 2. The molecule has 2 rings (SSSR count). The van der Waals surface area contributed by atoms with Gasteiger partial charge in [0.15, 0.2) is 5.82 Å². The van der Waals surface area contributed by atoms with E-state index in [4.69, 9.17) is 5.73 Å². The molecule has 2 N–H and O–H groups in total. The van der Waals surface area contributed by atoms with Crippen LogP contribution in [0.1, 0.15) is 26.5 Å². The fourth-order valence-electron chi connectivity index (χ4n) is 1.51. The lowest BCUT2D eigenvalue weighted by Crippen LogP contribution is -2.16. The zero-order chi connectivity index (χ0) is 13.5. The van der Waals surface area contributed by atoms with Crippen LogP contribution in [0.15, 0.2) is 20.4 Å². The number of nitrogen functional groups attached to an aromatic ring is 1. The lowest BCUT2D eigenvalue weighted by atomic mass is 9.92. The number of nitrogens with two attached hydrogens (primary N) is 1. The van der Waals surface area contributed by atoms with Crippen LogP contribution in [-0.2, 0) is 5.41 Å². The molecule has 0 saturated heterocycles. The molecule has 0 bridgehead atoms. The molecule has 0 aromatic carbocycles. The molecule has 2 aromatic heterocycles. The van der Waals surface area contributed by atoms with Crippen molar-refractivity contribution in [1.29, 1.82) is 0 Å². The van der Waals surface area contributed by atoms with Gasteiger partial charge in [-0.3, -0.25) is 0 Å². The molecule has 0 fully saturated rings. The van der Waals surface area contributed by atoms with Crippen LogP contribution in [0.25, 0.3) is 10.7 Å². The van der Waals surface area contributed by atoms with E-state index in [1.54, 1.807) is 11.3 Å². The summed E-state index contributed by atoms with van der Waals surface area (Å²) >= 11 is 8.51. The molecule has 0 radical (unpaired) electrons. The second kappa shape index (κ2) is 4.90. The summed E-state index contributed by atoms with van der Waals surface area (Å²) in [6.45, 7) is 6.31. The van der Waals surface area contributed by atoms with Crippen LogP contribution in [-0.4, -0.2) is 9.97 Å². The highest BCUT2D eigenvalue weighted by Gasteiger charge is 2.23. The topological polar surface area (TPSA) is 51.8 Å². The highest BCUT2D eigenvalue weighted by molar-refractivity contribution is 9.11. The van der Waals surface area contributed by atoms with Gasteiger partial charge in [0.25, 0.3) is 0 Å². The Labute approximate surface area is 127 Å². The Morgan fingerprint density at radius 1 is 1.17 bits per heavy atom. The highest BCUT2D eigenvalue weighted by Crippen LogP contribution is 2.35. The van der Waals surface area contributed by atoms with Gasteiger partial charge in [-0.1, -0.05) is 20.8 Å². The molecule has 0 atom stereocenters. The van der Waals surface area contributed by atoms with Crippen molar-refractivity contribution in [3.63, 3.8) is 0 Å². The minimum absolute atomic E-state index is 0.0842. The zero-order valence-corrected chi connectivity index (χ0v) is 14.3. The summed E-state index contributed by atoms with van der Waals surface area (Å²) in [4.78, 5) is 9.99. The van der Waals surface area contributed by atoms with E-state index in [9.17, 15) is 0 Å². The summed E-state index contributed by atoms with van der Waals surface area (Å²) in [5, 5.41) is 0. The van der Waals surface area contributed by atoms with Crippen LogP contribution in [0.3, 0.4) is 0 Å². The van der Waals surface area contributed by atoms with E-state index < -0.39 is 0 Å². The fourth-order valence-corrected chi connectivity index (χ4v) is 3.60. The minimum Gasteiger partial charge on any atom is -0.383 e. The molecule has 0 amide bonds. The standard InChI is InChI=1S/C12H13Br2N3S/c1-12(2,3)9-8(14)10(15)17-11(16-9)6-4-5-7(13)18-6/h4-5H,1-3H3,(H2,15,16,17). The van der Waals surface area contributed by atoms with Gasteiger partial charge in [-0.2, -0.15) is 0 Å². The predicted molar refractivity (Wildman–Crippen MR) is 83.9 cm³/mol. The van der Waals surface area contributed by atoms with Gasteiger partial charge >= 0.3 is 0 Å². The van der Waals surface area contributed by atoms with E-state index in [2.05, 4.69) is 62.6 Å². The molecule has 0 aliphatic heterocycles. The summed E-state index contributed by atoms with van der Waals surface area (Å²) < 4.78 is 1.84. The third-order valence-electron chi connectivity index (χ3n) is 2.38. The number of nitrogens with zero attached hydrogens (tertiary/aromatic N) is 2. The van der Waals surface area contributed by atoms with Gasteiger partial charge in [0.1, 0.15) is 5.82 Å². The van der Waals surface area contributed by atoms with Crippen LogP contribution >= 0.6 is 43.2 Å². The molecular weight excluding hydrogens is 378 g/mol. The lowest BCUT2D eigenvalue weighted by Gasteiger charge is -2.20. The normalized spacial score (nSPS) is 11.8.